The van der Waals surface area contributed by atoms with Gasteiger partial charge in [-0.25, -0.2) is 4.79 Å². The van der Waals surface area contributed by atoms with Crippen molar-refractivity contribution in [1.82, 2.24) is 9.80 Å². The number of aliphatic carboxylic acids is 1. The van der Waals surface area contributed by atoms with E-state index in [1.807, 2.05) is 0 Å². The highest BCUT2D eigenvalue weighted by Crippen LogP contribution is 2.40. The first-order valence-electron chi connectivity index (χ1n) is 7.97. The molecule has 0 saturated carbocycles. The molecular formula is C16H21N3O4S. The molecule has 0 aromatic heterocycles. The Morgan fingerprint density at radius 2 is 2.17 bits per heavy atom. The Labute approximate surface area is 144 Å². The van der Waals surface area contributed by atoms with Crippen molar-refractivity contribution in [1.29, 1.82) is 0 Å². The molecule has 0 unspecified atom stereocenters. The predicted octanol–water partition coefficient (Wildman–Crippen LogP) is 0.382. The fraction of sp³-hybridized carbons (Fsp3) is 0.562. The smallest absolute Gasteiger partial charge is 0.352 e. The summed E-state index contributed by atoms with van der Waals surface area (Å²) < 4.78 is 0. The summed E-state index contributed by atoms with van der Waals surface area (Å²) in [6.45, 7) is 5.45. The molecule has 2 saturated heterocycles. The van der Waals surface area contributed by atoms with E-state index in [0.29, 0.717) is 42.3 Å². The molecule has 0 radical (unpaired) electrons. The molecule has 3 N–H and O–H groups in total. The van der Waals surface area contributed by atoms with Gasteiger partial charge in [-0.1, -0.05) is 13.8 Å². The lowest BCUT2D eigenvalue weighted by molar-refractivity contribution is -0.147. The number of β-lactam (4-membered cyclic amide) rings is 1. The third-order valence-electron chi connectivity index (χ3n) is 4.39. The Hall–Kier alpha value is -1.80. The highest BCUT2D eigenvalue weighted by atomic mass is 32.2. The number of rotatable bonds is 4. The molecule has 8 heteroatoms. The zero-order valence-corrected chi connectivity index (χ0v) is 14.5. The predicted molar refractivity (Wildman–Crippen MR) is 89.8 cm³/mol. The van der Waals surface area contributed by atoms with Crippen LogP contribution >= 0.6 is 11.8 Å². The summed E-state index contributed by atoms with van der Waals surface area (Å²) in [7, 11) is 0. The van der Waals surface area contributed by atoms with E-state index < -0.39 is 12.0 Å². The van der Waals surface area contributed by atoms with Crippen molar-refractivity contribution in [3.8, 4) is 0 Å². The molecule has 3 aliphatic heterocycles. The number of amides is 2. The fourth-order valence-electron chi connectivity index (χ4n) is 3.28. The summed E-state index contributed by atoms with van der Waals surface area (Å²) >= 11 is 1.44. The molecule has 24 heavy (non-hydrogen) atoms. The summed E-state index contributed by atoms with van der Waals surface area (Å²) in [5, 5.41) is 9.20. The Bertz CT molecular complexity index is 670. The minimum absolute atomic E-state index is 0.0342. The molecule has 2 amide bonds. The molecule has 3 rings (SSSR count). The minimum Gasteiger partial charge on any atom is -0.477 e. The van der Waals surface area contributed by atoms with E-state index in [1.165, 1.54) is 16.7 Å². The summed E-state index contributed by atoms with van der Waals surface area (Å²) in [6.07, 6.45) is 2.26. The van der Waals surface area contributed by atoms with Crippen molar-refractivity contribution >= 4 is 29.5 Å². The van der Waals surface area contributed by atoms with Crippen LogP contribution in [-0.4, -0.2) is 62.9 Å². The maximum absolute atomic E-state index is 12.4. The number of carboxylic acid groups (broad SMARTS) is 1. The van der Waals surface area contributed by atoms with Crippen molar-refractivity contribution in [2.75, 3.05) is 18.8 Å². The fourth-order valence-corrected chi connectivity index (χ4v) is 4.53. The first kappa shape index (κ1) is 17.0. The average Bonchev–Trinajstić information content (AvgIpc) is 2.86. The maximum Gasteiger partial charge on any atom is 0.352 e. The number of likely N-dealkylation sites (tertiary alicyclic amines) is 1. The van der Waals surface area contributed by atoms with Gasteiger partial charge in [-0.05, 0) is 24.0 Å². The van der Waals surface area contributed by atoms with E-state index >= 15 is 0 Å². The van der Waals surface area contributed by atoms with E-state index in [0.717, 1.165) is 0 Å². The van der Waals surface area contributed by atoms with Crippen LogP contribution in [0.1, 0.15) is 20.3 Å². The van der Waals surface area contributed by atoms with Crippen LogP contribution in [0.4, 0.5) is 0 Å². The van der Waals surface area contributed by atoms with E-state index in [4.69, 9.17) is 5.73 Å². The largest absolute Gasteiger partial charge is 0.477 e. The van der Waals surface area contributed by atoms with E-state index in [-0.39, 0.29) is 22.9 Å². The van der Waals surface area contributed by atoms with Gasteiger partial charge >= 0.3 is 5.97 Å². The first-order chi connectivity index (χ1) is 11.3. The number of fused-ring (bicyclic) bond motifs is 1. The van der Waals surface area contributed by atoms with E-state index in [2.05, 4.69) is 13.8 Å². The van der Waals surface area contributed by atoms with Crippen LogP contribution in [0.3, 0.4) is 0 Å². The highest BCUT2D eigenvalue weighted by molar-refractivity contribution is 8.00. The normalized spacial score (nSPS) is 28.8. The van der Waals surface area contributed by atoms with Crippen molar-refractivity contribution in [2.24, 2.45) is 11.7 Å². The van der Waals surface area contributed by atoms with Crippen molar-refractivity contribution < 1.29 is 19.5 Å². The lowest BCUT2D eigenvalue weighted by atomic mass is 10.0. The molecule has 0 aromatic carbocycles. The Balaban J connectivity index is 1.89. The molecule has 0 bridgehead atoms. The highest BCUT2D eigenvalue weighted by Gasteiger charge is 2.51. The number of nitrogens with zero attached hydrogens (tertiary/aromatic N) is 2. The SMILES string of the molecule is CC(C)CN1CC/C(=C\C2=C(C(=O)O)N3C(=O)[C@@H](N)[C@H]3SC2)C1=O. The van der Waals surface area contributed by atoms with Gasteiger partial charge in [-0.2, -0.15) is 0 Å². The van der Waals surface area contributed by atoms with Gasteiger partial charge in [0, 0.05) is 24.4 Å². The Kier molecular flexibility index (Phi) is 4.44. The van der Waals surface area contributed by atoms with Gasteiger partial charge in [0.15, 0.2) is 0 Å². The molecule has 7 nitrogen and oxygen atoms in total. The van der Waals surface area contributed by atoms with Crippen molar-refractivity contribution in [3.05, 3.63) is 22.9 Å². The quantitative estimate of drug-likeness (QED) is 0.561. The third kappa shape index (κ3) is 2.73. The molecule has 2 atom stereocenters. The molecular weight excluding hydrogens is 330 g/mol. The lowest BCUT2D eigenvalue weighted by Crippen LogP contribution is -2.68. The van der Waals surface area contributed by atoms with Gasteiger partial charge in [-0.3, -0.25) is 14.5 Å². The van der Waals surface area contributed by atoms with Crippen molar-refractivity contribution in [3.63, 3.8) is 0 Å². The summed E-state index contributed by atoms with van der Waals surface area (Å²) in [5.41, 5.74) is 6.82. The van der Waals surface area contributed by atoms with Crippen molar-refractivity contribution in [2.45, 2.75) is 31.7 Å². The van der Waals surface area contributed by atoms with Gasteiger partial charge in [0.2, 0.25) is 11.8 Å². The van der Waals surface area contributed by atoms with Gasteiger partial charge in [0.25, 0.3) is 0 Å². The summed E-state index contributed by atoms with van der Waals surface area (Å²) in [4.78, 5) is 39.1. The van der Waals surface area contributed by atoms with E-state index in [1.54, 1.807) is 11.0 Å². The number of hydrogen-bond acceptors (Lipinski definition) is 5. The van der Waals surface area contributed by atoms with E-state index in [9.17, 15) is 19.5 Å². The van der Waals surface area contributed by atoms with Gasteiger partial charge in [0.1, 0.15) is 17.1 Å². The third-order valence-corrected chi connectivity index (χ3v) is 5.71. The van der Waals surface area contributed by atoms with Crippen LogP contribution < -0.4 is 5.73 Å². The van der Waals surface area contributed by atoms with Crippen LogP contribution in [-0.2, 0) is 14.4 Å². The average molecular weight is 351 g/mol. The second-order valence-corrected chi connectivity index (χ2v) is 7.78. The topological polar surface area (TPSA) is 104 Å². The first-order valence-corrected chi connectivity index (χ1v) is 9.02. The monoisotopic (exact) mass is 351 g/mol. The zero-order chi connectivity index (χ0) is 17.6. The van der Waals surface area contributed by atoms with Crippen LogP contribution in [0.25, 0.3) is 0 Å². The van der Waals surface area contributed by atoms with Gasteiger partial charge < -0.3 is 15.7 Å². The number of carbonyl (C=O) groups excluding carboxylic acids is 2. The Morgan fingerprint density at radius 3 is 2.79 bits per heavy atom. The second kappa shape index (κ2) is 6.25. The number of thioether (sulfide) groups is 1. The molecule has 130 valence electrons. The van der Waals surface area contributed by atoms with Crippen LogP contribution in [0.2, 0.25) is 0 Å². The van der Waals surface area contributed by atoms with Crippen LogP contribution in [0.5, 0.6) is 0 Å². The molecule has 3 aliphatic rings. The number of hydrogen-bond donors (Lipinski definition) is 2. The Morgan fingerprint density at radius 1 is 1.46 bits per heavy atom. The van der Waals surface area contributed by atoms with Crippen LogP contribution in [0.15, 0.2) is 22.9 Å². The number of allylic oxidation sites excluding steroid dienone is 1. The zero-order valence-electron chi connectivity index (χ0n) is 13.7. The van der Waals surface area contributed by atoms with Crippen LogP contribution in [0, 0.1) is 5.92 Å². The maximum atomic E-state index is 12.4. The molecule has 2 fully saturated rings. The summed E-state index contributed by atoms with van der Waals surface area (Å²) in [5.74, 6) is -0.755. The summed E-state index contributed by atoms with van der Waals surface area (Å²) in [6, 6.07) is -0.645. The van der Waals surface area contributed by atoms with Gasteiger partial charge in [0.05, 0.1) is 0 Å². The second-order valence-electron chi connectivity index (χ2n) is 6.68. The molecule has 0 aromatic rings. The van der Waals surface area contributed by atoms with Gasteiger partial charge in [-0.15, -0.1) is 11.8 Å². The minimum atomic E-state index is -1.16. The number of nitrogens with two attached hydrogens (primary N) is 1. The molecule has 0 aliphatic carbocycles. The molecule has 3 heterocycles. The molecule has 0 spiro atoms. The lowest BCUT2D eigenvalue weighted by Gasteiger charge is -2.47. The number of carboxylic acids is 1. The standard InChI is InChI=1S/C16H21N3O4S/c1-8(2)6-18-4-3-9(13(18)20)5-10-7-24-15-11(17)14(21)19(15)12(10)16(22)23/h5,8,11,15H,3-4,6-7,17H2,1-2H3,(H,22,23)/b9-5+/t11-,15-/m1/s1. The number of carbonyl (C=O) groups is 3.